The summed E-state index contributed by atoms with van der Waals surface area (Å²) in [6.07, 6.45) is 1.21. The van der Waals surface area contributed by atoms with E-state index in [1.807, 2.05) is 24.3 Å². The third kappa shape index (κ3) is 3.31. The van der Waals surface area contributed by atoms with Gasteiger partial charge in [-0.25, -0.2) is 4.98 Å². The molecule has 24 heavy (non-hydrogen) atoms. The van der Waals surface area contributed by atoms with Crippen LogP contribution in [0, 0.1) is 0 Å². The molecule has 126 valence electrons. The number of amides is 1. The summed E-state index contributed by atoms with van der Waals surface area (Å²) in [5.74, 6) is 1.53. The van der Waals surface area contributed by atoms with Crippen molar-refractivity contribution in [1.29, 1.82) is 0 Å². The molecule has 1 amide bonds. The maximum absolute atomic E-state index is 12.6. The monoisotopic (exact) mass is 345 g/mol. The number of hydrogen-bond donors (Lipinski definition) is 2. The summed E-state index contributed by atoms with van der Waals surface area (Å²) in [5.41, 5.74) is 1.22. The number of methoxy groups -OCH3 is 1. The number of thioether (sulfide) groups is 1. The minimum absolute atomic E-state index is 0.132. The SMILES string of the molecule is CCCSc1nc2c(c(=O)[nH]1)[C@H](c1ccc(OC)cc1)CC(=O)N2. The lowest BCUT2D eigenvalue weighted by molar-refractivity contribution is -0.116. The Morgan fingerprint density at radius 1 is 1.29 bits per heavy atom. The molecule has 0 unspecified atom stereocenters. The van der Waals surface area contributed by atoms with Crippen LogP contribution >= 0.6 is 11.8 Å². The molecule has 2 aromatic rings. The zero-order valence-electron chi connectivity index (χ0n) is 13.6. The molecule has 1 aromatic carbocycles. The van der Waals surface area contributed by atoms with Crippen molar-refractivity contribution in [2.45, 2.75) is 30.8 Å². The van der Waals surface area contributed by atoms with Crippen molar-refractivity contribution >= 4 is 23.5 Å². The van der Waals surface area contributed by atoms with E-state index in [0.29, 0.717) is 16.5 Å². The lowest BCUT2D eigenvalue weighted by Crippen LogP contribution is -2.31. The number of benzene rings is 1. The third-order valence-corrected chi connectivity index (χ3v) is 4.97. The van der Waals surface area contributed by atoms with Crippen LogP contribution in [0.3, 0.4) is 0 Å². The molecule has 2 N–H and O–H groups in total. The normalized spacial score (nSPS) is 16.4. The van der Waals surface area contributed by atoms with E-state index in [1.165, 1.54) is 11.8 Å². The second-order valence-electron chi connectivity index (χ2n) is 5.56. The van der Waals surface area contributed by atoms with Gasteiger partial charge >= 0.3 is 0 Å². The first-order valence-electron chi connectivity index (χ1n) is 7.83. The second-order valence-corrected chi connectivity index (χ2v) is 6.64. The molecule has 0 spiro atoms. The van der Waals surface area contributed by atoms with Crippen molar-refractivity contribution < 1.29 is 9.53 Å². The van der Waals surface area contributed by atoms with Gasteiger partial charge in [0.15, 0.2) is 5.16 Å². The quantitative estimate of drug-likeness (QED) is 0.643. The Morgan fingerprint density at radius 2 is 2.04 bits per heavy atom. The summed E-state index contributed by atoms with van der Waals surface area (Å²) in [4.78, 5) is 31.9. The van der Waals surface area contributed by atoms with Crippen LogP contribution in [-0.2, 0) is 4.79 Å². The molecule has 0 fully saturated rings. The standard InChI is InChI=1S/C17H19N3O3S/c1-3-8-24-17-19-15-14(16(22)20-17)12(9-13(21)18-15)10-4-6-11(23-2)7-5-10/h4-7,12H,3,8-9H2,1-2H3,(H2,18,19,20,21,22)/t12-/m0/s1. The van der Waals surface area contributed by atoms with Gasteiger partial charge in [0.05, 0.1) is 12.7 Å². The number of hydrogen-bond acceptors (Lipinski definition) is 5. The van der Waals surface area contributed by atoms with Crippen molar-refractivity contribution in [2.75, 3.05) is 18.2 Å². The van der Waals surface area contributed by atoms with E-state index in [-0.39, 0.29) is 23.8 Å². The van der Waals surface area contributed by atoms with E-state index in [9.17, 15) is 9.59 Å². The van der Waals surface area contributed by atoms with Crippen LogP contribution in [0.4, 0.5) is 5.82 Å². The Morgan fingerprint density at radius 3 is 2.71 bits per heavy atom. The molecule has 3 rings (SSSR count). The molecular weight excluding hydrogens is 326 g/mol. The number of H-pyrrole nitrogens is 1. The smallest absolute Gasteiger partial charge is 0.257 e. The average molecular weight is 345 g/mol. The van der Waals surface area contributed by atoms with Gasteiger partial charge in [-0.1, -0.05) is 30.8 Å². The van der Waals surface area contributed by atoms with E-state index in [0.717, 1.165) is 23.5 Å². The first-order valence-corrected chi connectivity index (χ1v) is 8.81. The number of aromatic amines is 1. The first-order chi connectivity index (χ1) is 11.6. The molecule has 0 radical (unpaired) electrons. The topological polar surface area (TPSA) is 84.1 Å². The summed E-state index contributed by atoms with van der Waals surface area (Å²) in [6.45, 7) is 2.06. The van der Waals surface area contributed by atoms with Crippen LogP contribution in [0.15, 0.2) is 34.2 Å². The van der Waals surface area contributed by atoms with Crippen LogP contribution in [-0.4, -0.2) is 28.7 Å². The molecule has 6 nitrogen and oxygen atoms in total. The number of carbonyl (C=O) groups excluding carboxylic acids is 1. The number of nitrogens with zero attached hydrogens (tertiary/aromatic N) is 1. The Balaban J connectivity index is 2.02. The molecule has 1 atom stereocenters. The van der Waals surface area contributed by atoms with E-state index < -0.39 is 0 Å². The van der Waals surface area contributed by atoms with Crippen molar-refractivity contribution in [2.24, 2.45) is 0 Å². The van der Waals surface area contributed by atoms with Gasteiger partial charge in [-0.05, 0) is 24.1 Å². The average Bonchev–Trinajstić information content (AvgIpc) is 2.59. The van der Waals surface area contributed by atoms with Crippen molar-refractivity contribution in [3.8, 4) is 5.75 Å². The number of nitrogens with one attached hydrogen (secondary N) is 2. The first kappa shape index (κ1) is 16.6. The zero-order chi connectivity index (χ0) is 17.1. The van der Waals surface area contributed by atoms with Gasteiger partial charge in [-0.15, -0.1) is 0 Å². The van der Waals surface area contributed by atoms with Gasteiger partial charge in [0, 0.05) is 18.1 Å². The lowest BCUT2D eigenvalue weighted by atomic mass is 9.87. The number of anilines is 1. The highest BCUT2D eigenvalue weighted by Crippen LogP contribution is 2.35. The fraction of sp³-hybridized carbons (Fsp3) is 0.353. The van der Waals surface area contributed by atoms with Gasteiger partial charge < -0.3 is 15.0 Å². The zero-order valence-corrected chi connectivity index (χ0v) is 14.4. The number of aromatic nitrogens is 2. The largest absolute Gasteiger partial charge is 0.497 e. The van der Waals surface area contributed by atoms with Crippen LogP contribution < -0.4 is 15.6 Å². The van der Waals surface area contributed by atoms with Crippen LogP contribution in [0.2, 0.25) is 0 Å². The summed E-state index contributed by atoms with van der Waals surface area (Å²) in [7, 11) is 1.60. The molecule has 1 aromatic heterocycles. The third-order valence-electron chi connectivity index (χ3n) is 3.89. The predicted molar refractivity (Wildman–Crippen MR) is 94.0 cm³/mol. The minimum Gasteiger partial charge on any atom is -0.497 e. The van der Waals surface area contributed by atoms with Gasteiger partial charge in [0.2, 0.25) is 5.91 Å². The maximum Gasteiger partial charge on any atom is 0.257 e. The van der Waals surface area contributed by atoms with Gasteiger partial charge in [-0.3, -0.25) is 9.59 Å². The van der Waals surface area contributed by atoms with Gasteiger partial charge in [-0.2, -0.15) is 0 Å². The second kappa shape index (κ2) is 7.09. The molecule has 0 aliphatic carbocycles. The Hall–Kier alpha value is -2.28. The number of fused-ring (bicyclic) bond motifs is 1. The molecule has 0 saturated heterocycles. The van der Waals surface area contributed by atoms with Crippen LogP contribution in [0.1, 0.15) is 36.8 Å². The minimum atomic E-state index is -0.305. The molecule has 0 bridgehead atoms. The molecule has 1 aliphatic rings. The maximum atomic E-state index is 12.6. The summed E-state index contributed by atoms with van der Waals surface area (Å²) in [6, 6.07) is 7.42. The Labute approximate surface area is 144 Å². The Bertz CT molecular complexity index is 802. The fourth-order valence-corrected chi connectivity index (χ4v) is 3.46. The number of ether oxygens (including phenoxy) is 1. The van der Waals surface area contributed by atoms with Crippen molar-refractivity contribution in [3.05, 3.63) is 45.7 Å². The van der Waals surface area contributed by atoms with Crippen LogP contribution in [0.25, 0.3) is 0 Å². The summed E-state index contributed by atoms with van der Waals surface area (Å²) < 4.78 is 5.16. The highest BCUT2D eigenvalue weighted by atomic mass is 32.2. The highest BCUT2D eigenvalue weighted by molar-refractivity contribution is 7.99. The molecular formula is C17H19N3O3S. The van der Waals surface area contributed by atoms with Crippen LogP contribution in [0.5, 0.6) is 5.75 Å². The molecule has 2 heterocycles. The van der Waals surface area contributed by atoms with Gasteiger partial charge in [0.1, 0.15) is 11.6 Å². The predicted octanol–water partition coefficient (Wildman–Crippen LogP) is 2.75. The molecule has 1 aliphatic heterocycles. The Kier molecular flexibility index (Phi) is 4.89. The molecule has 7 heteroatoms. The summed E-state index contributed by atoms with van der Waals surface area (Å²) >= 11 is 1.48. The van der Waals surface area contributed by atoms with Crippen molar-refractivity contribution in [3.63, 3.8) is 0 Å². The van der Waals surface area contributed by atoms with Gasteiger partial charge in [0.25, 0.3) is 5.56 Å². The highest BCUT2D eigenvalue weighted by Gasteiger charge is 2.30. The lowest BCUT2D eigenvalue weighted by Gasteiger charge is -2.24. The number of rotatable bonds is 5. The van der Waals surface area contributed by atoms with E-state index in [4.69, 9.17) is 4.74 Å². The molecule has 0 saturated carbocycles. The van der Waals surface area contributed by atoms with E-state index in [1.54, 1.807) is 7.11 Å². The van der Waals surface area contributed by atoms with Crippen molar-refractivity contribution in [1.82, 2.24) is 9.97 Å². The van der Waals surface area contributed by atoms with E-state index >= 15 is 0 Å². The number of carbonyl (C=O) groups is 1. The summed E-state index contributed by atoms with van der Waals surface area (Å²) in [5, 5.41) is 3.27. The van der Waals surface area contributed by atoms with E-state index in [2.05, 4.69) is 22.2 Å². The fourth-order valence-electron chi connectivity index (χ4n) is 2.74.